The van der Waals surface area contributed by atoms with E-state index in [4.69, 9.17) is 9.47 Å². The first-order valence-electron chi connectivity index (χ1n) is 7.02. The first-order valence-corrected chi connectivity index (χ1v) is 8.68. The van der Waals surface area contributed by atoms with Crippen LogP contribution in [0.2, 0.25) is 0 Å². The maximum atomic E-state index is 12.7. The van der Waals surface area contributed by atoms with Crippen LogP contribution in [-0.4, -0.2) is 40.0 Å². The highest BCUT2D eigenvalue weighted by atomic mass is 32.2. The van der Waals surface area contributed by atoms with Gasteiger partial charge in [0.15, 0.2) is 0 Å². The number of ether oxygens (including phenoxy) is 2. The Morgan fingerprint density at radius 1 is 1.33 bits per heavy atom. The molecule has 1 aliphatic rings. The van der Waals surface area contributed by atoms with E-state index >= 15 is 0 Å². The van der Waals surface area contributed by atoms with Crippen molar-refractivity contribution in [1.29, 1.82) is 0 Å². The molecule has 1 N–H and O–H groups in total. The average Bonchev–Trinajstić information content (AvgIpc) is 2.97. The molecule has 0 spiro atoms. The van der Waals surface area contributed by atoms with Crippen molar-refractivity contribution in [1.82, 2.24) is 4.72 Å². The molecule has 1 unspecified atom stereocenters. The van der Waals surface area contributed by atoms with Crippen molar-refractivity contribution in [3.63, 3.8) is 0 Å². The third-order valence-corrected chi connectivity index (χ3v) is 4.63. The van der Waals surface area contributed by atoms with Crippen molar-refractivity contribution in [2.75, 3.05) is 25.5 Å². The summed E-state index contributed by atoms with van der Waals surface area (Å²) in [6.07, 6.45) is 2.25. The fraction of sp³-hybridized carbons (Fsp3) is 0.571. The SMILES string of the molecule is O=S(=O)(CCCOc1ccc(F)cc1)NCC1CCCO1. The summed E-state index contributed by atoms with van der Waals surface area (Å²) in [5, 5.41) is 0. The topological polar surface area (TPSA) is 64.6 Å². The van der Waals surface area contributed by atoms with Gasteiger partial charge in [-0.1, -0.05) is 0 Å². The zero-order chi connectivity index (χ0) is 15.1. The highest BCUT2D eigenvalue weighted by molar-refractivity contribution is 7.89. The van der Waals surface area contributed by atoms with Gasteiger partial charge in [0.25, 0.3) is 0 Å². The Bertz CT molecular complexity index is 526. The molecule has 5 nitrogen and oxygen atoms in total. The molecule has 21 heavy (non-hydrogen) atoms. The predicted octanol–water partition coefficient (Wildman–Crippen LogP) is 1.69. The minimum absolute atomic E-state index is 0.000907. The van der Waals surface area contributed by atoms with Crippen molar-refractivity contribution in [3.05, 3.63) is 30.1 Å². The molecular formula is C14H20FNO4S. The van der Waals surface area contributed by atoms with Crippen LogP contribution in [-0.2, 0) is 14.8 Å². The first kappa shape index (κ1) is 16.2. The minimum atomic E-state index is -3.30. The van der Waals surface area contributed by atoms with Crippen LogP contribution in [0.15, 0.2) is 24.3 Å². The van der Waals surface area contributed by atoms with Gasteiger partial charge in [-0.3, -0.25) is 0 Å². The van der Waals surface area contributed by atoms with Gasteiger partial charge >= 0.3 is 0 Å². The van der Waals surface area contributed by atoms with Crippen LogP contribution in [0.5, 0.6) is 5.75 Å². The highest BCUT2D eigenvalue weighted by Crippen LogP contribution is 2.12. The lowest BCUT2D eigenvalue weighted by Gasteiger charge is -2.11. The van der Waals surface area contributed by atoms with Gasteiger partial charge < -0.3 is 9.47 Å². The normalized spacial score (nSPS) is 18.8. The lowest BCUT2D eigenvalue weighted by Crippen LogP contribution is -2.33. The second-order valence-corrected chi connectivity index (χ2v) is 6.88. The van der Waals surface area contributed by atoms with Crippen molar-refractivity contribution >= 4 is 10.0 Å². The Morgan fingerprint density at radius 2 is 2.10 bits per heavy atom. The summed E-state index contributed by atoms with van der Waals surface area (Å²) in [4.78, 5) is 0. The Labute approximate surface area is 124 Å². The smallest absolute Gasteiger partial charge is 0.211 e. The van der Waals surface area contributed by atoms with E-state index in [0.717, 1.165) is 12.8 Å². The molecule has 0 aliphatic carbocycles. The van der Waals surface area contributed by atoms with E-state index in [1.54, 1.807) is 0 Å². The molecule has 118 valence electrons. The van der Waals surface area contributed by atoms with Gasteiger partial charge in [0, 0.05) is 13.2 Å². The summed E-state index contributed by atoms with van der Waals surface area (Å²) < 4.78 is 49.5. The predicted molar refractivity (Wildman–Crippen MR) is 77.3 cm³/mol. The van der Waals surface area contributed by atoms with Crippen LogP contribution in [0.3, 0.4) is 0 Å². The van der Waals surface area contributed by atoms with Gasteiger partial charge in [0.1, 0.15) is 11.6 Å². The number of hydrogen-bond acceptors (Lipinski definition) is 4. The van der Waals surface area contributed by atoms with E-state index in [1.807, 2.05) is 0 Å². The molecule has 1 saturated heterocycles. The molecule has 0 amide bonds. The van der Waals surface area contributed by atoms with Gasteiger partial charge in [-0.15, -0.1) is 0 Å². The lowest BCUT2D eigenvalue weighted by molar-refractivity contribution is 0.114. The van der Waals surface area contributed by atoms with Crippen LogP contribution in [0.25, 0.3) is 0 Å². The summed E-state index contributed by atoms with van der Waals surface area (Å²) >= 11 is 0. The largest absolute Gasteiger partial charge is 0.494 e. The Morgan fingerprint density at radius 3 is 2.76 bits per heavy atom. The van der Waals surface area contributed by atoms with Gasteiger partial charge in [0.2, 0.25) is 10.0 Å². The highest BCUT2D eigenvalue weighted by Gasteiger charge is 2.18. The van der Waals surface area contributed by atoms with E-state index in [2.05, 4.69) is 4.72 Å². The molecule has 0 aromatic heterocycles. The number of rotatable bonds is 8. The molecule has 7 heteroatoms. The molecule has 0 bridgehead atoms. The van der Waals surface area contributed by atoms with Gasteiger partial charge in [-0.25, -0.2) is 17.5 Å². The first-order chi connectivity index (χ1) is 10.1. The van der Waals surface area contributed by atoms with Crippen LogP contribution in [0.1, 0.15) is 19.3 Å². The summed E-state index contributed by atoms with van der Waals surface area (Å²) in [5.41, 5.74) is 0. The van der Waals surface area contributed by atoms with Gasteiger partial charge in [0.05, 0.1) is 18.5 Å². The molecule has 1 aromatic carbocycles. The molecule has 0 saturated carbocycles. The number of benzene rings is 1. The molecule has 2 rings (SSSR count). The summed E-state index contributed by atoms with van der Waals surface area (Å²) in [5.74, 6) is 0.199. The van der Waals surface area contributed by atoms with Crippen molar-refractivity contribution in [2.24, 2.45) is 0 Å². The average molecular weight is 317 g/mol. The van der Waals surface area contributed by atoms with Crippen LogP contribution >= 0.6 is 0 Å². The lowest BCUT2D eigenvalue weighted by atomic mass is 10.2. The maximum Gasteiger partial charge on any atom is 0.211 e. The van der Waals surface area contributed by atoms with E-state index in [1.165, 1.54) is 24.3 Å². The number of nitrogens with one attached hydrogen (secondary N) is 1. The quantitative estimate of drug-likeness (QED) is 0.741. The third-order valence-electron chi connectivity index (χ3n) is 3.19. The van der Waals surface area contributed by atoms with Gasteiger partial charge in [-0.2, -0.15) is 0 Å². The molecule has 1 heterocycles. The number of hydrogen-bond donors (Lipinski definition) is 1. The fourth-order valence-corrected chi connectivity index (χ4v) is 3.15. The van der Waals surface area contributed by atoms with Crippen molar-refractivity contribution < 1.29 is 22.3 Å². The second kappa shape index (κ2) is 7.72. The third kappa shape index (κ3) is 5.99. The molecule has 0 radical (unpaired) electrons. The zero-order valence-corrected chi connectivity index (χ0v) is 12.6. The van der Waals surface area contributed by atoms with Gasteiger partial charge in [-0.05, 0) is 43.5 Å². The number of sulfonamides is 1. The fourth-order valence-electron chi connectivity index (χ4n) is 2.07. The standard InChI is InChI=1S/C14H20FNO4S/c15-12-4-6-13(7-5-12)19-9-2-10-21(17,18)16-11-14-3-1-8-20-14/h4-7,14,16H,1-3,8-11H2. The minimum Gasteiger partial charge on any atom is -0.494 e. The second-order valence-electron chi connectivity index (χ2n) is 4.96. The van der Waals surface area contributed by atoms with Crippen molar-refractivity contribution in [3.8, 4) is 5.75 Å². The summed E-state index contributed by atoms with van der Waals surface area (Å²) in [7, 11) is -3.30. The Balaban J connectivity index is 1.63. The van der Waals surface area contributed by atoms with Crippen LogP contribution in [0.4, 0.5) is 4.39 Å². The summed E-state index contributed by atoms with van der Waals surface area (Å²) in [6.45, 7) is 1.31. The van der Waals surface area contributed by atoms with Crippen LogP contribution in [0, 0.1) is 5.82 Å². The molecule has 1 aromatic rings. The molecule has 1 aliphatic heterocycles. The zero-order valence-electron chi connectivity index (χ0n) is 11.8. The Kier molecular flexibility index (Phi) is 5.96. The van der Waals surface area contributed by atoms with Crippen molar-refractivity contribution in [2.45, 2.75) is 25.4 Å². The molecule has 1 atom stereocenters. The summed E-state index contributed by atoms with van der Waals surface area (Å²) in [6, 6.07) is 5.63. The number of halogens is 1. The van der Waals surface area contributed by atoms with E-state index in [0.29, 0.717) is 25.3 Å². The van der Waals surface area contributed by atoms with E-state index < -0.39 is 10.0 Å². The maximum absolute atomic E-state index is 12.7. The molecular weight excluding hydrogens is 297 g/mol. The van der Waals surface area contributed by atoms with E-state index in [-0.39, 0.29) is 24.3 Å². The monoisotopic (exact) mass is 317 g/mol. The molecule has 1 fully saturated rings. The van der Waals surface area contributed by atoms with E-state index in [9.17, 15) is 12.8 Å². The Hall–Kier alpha value is -1.18. The van der Waals surface area contributed by atoms with Crippen LogP contribution < -0.4 is 9.46 Å².